The second kappa shape index (κ2) is 7.88. The molecular weight excluding hydrogens is 316 g/mol. The summed E-state index contributed by atoms with van der Waals surface area (Å²) in [6.45, 7) is 3.18. The maximum Gasteiger partial charge on any atom is 0.339 e. The summed E-state index contributed by atoms with van der Waals surface area (Å²) in [5.74, 6) is -3.37. The van der Waals surface area contributed by atoms with E-state index in [1.54, 1.807) is 0 Å². The van der Waals surface area contributed by atoms with Gasteiger partial charge in [0.25, 0.3) is 0 Å². The second-order valence-electron chi connectivity index (χ2n) is 4.69. The third-order valence-corrected chi connectivity index (χ3v) is 2.85. The third-order valence-electron chi connectivity index (χ3n) is 2.85. The van der Waals surface area contributed by atoms with E-state index in [0.717, 1.165) is 27.9 Å². The molecule has 1 aliphatic rings. The van der Waals surface area contributed by atoms with E-state index >= 15 is 0 Å². The van der Waals surface area contributed by atoms with Gasteiger partial charge in [0, 0.05) is 20.8 Å². The lowest BCUT2D eigenvalue weighted by atomic mass is 9.98. The smallest absolute Gasteiger partial charge is 0.339 e. The molecule has 5 atom stereocenters. The molecular formula is C13H18O10. The van der Waals surface area contributed by atoms with Crippen LogP contribution in [0, 0.1) is 0 Å². The number of methoxy groups -OCH3 is 1. The zero-order valence-corrected chi connectivity index (χ0v) is 13.0. The Morgan fingerprint density at radius 2 is 1.26 bits per heavy atom. The van der Waals surface area contributed by atoms with Crippen molar-refractivity contribution in [3.63, 3.8) is 0 Å². The van der Waals surface area contributed by atoms with Gasteiger partial charge in [0.15, 0.2) is 30.7 Å². The molecule has 10 nitrogen and oxygen atoms in total. The van der Waals surface area contributed by atoms with Crippen molar-refractivity contribution < 1.29 is 48.0 Å². The van der Waals surface area contributed by atoms with E-state index in [0.29, 0.717) is 0 Å². The largest absolute Gasteiger partial charge is 0.467 e. The fraction of sp³-hybridized carbons (Fsp3) is 0.692. The summed E-state index contributed by atoms with van der Waals surface area (Å²) < 4.78 is 24.3. The number of hydrogen-bond donors (Lipinski definition) is 1. The SMILES string of the molecule is COC(=O)C1O[C@@H](O)C(OC(C)=O)[C@@H](OC(C)=O)[C@@H]1OC(C)=O. The van der Waals surface area contributed by atoms with Crippen molar-refractivity contribution in [2.45, 2.75) is 51.5 Å². The van der Waals surface area contributed by atoms with Gasteiger partial charge in [0.1, 0.15) is 0 Å². The number of hydrogen-bond acceptors (Lipinski definition) is 10. The minimum Gasteiger partial charge on any atom is -0.467 e. The third kappa shape index (κ3) is 4.89. The molecule has 0 radical (unpaired) electrons. The highest BCUT2D eigenvalue weighted by atomic mass is 16.7. The first-order valence-electron chi connectivity index (χ1n) is 6.60. The standard InChI is InChI=1S/C13H18O10/c1-5(14)20-8-9(21-6(2)15)11(22-7(3)16)13(18)23-10(8)12(17)19-4/h8-11,13,18H,1-4H3/t8-,9-,10?,11?,13+/m0/s1. The molecule has 0 bridgehead atoms. The van der Waals surface area contributed by atoms with Crippen LogP contribution < -0.4 is 0 Å². The maximum atomic E-state index is 11.8. The highest BCUT2D eigenvalue weighted by molar-refractivity contribution is 5.77. The van der Waals surface area contributed by atoms with Crippen LogP contribution in [0.1, 0.15) is 20.8 Å². The van der Waals surface area contributed by atoms with Gasteiger partial charge >= 0.3 is 23.9 Å². The number of carbonyl (C=O) groups excluding carboxylic acids is 4. The monoisotopic (exact) mass is 334 g/mol. The Hall–Kier alpha value is -2.20. The quantitative estimate of drug-likeness (QED) is 0.486. The normalized spacial score (nSPS) is 30.0. The van der Waals surface area contributed by atoms with Gasteiger partial charge in [-0.05, 0) is 0 Å². The summed E-state index contributed by atoms with van der Waals surface area (Å²) in [4.78, 5) is 45.5. The first kappa shape index (κ1) is 18.8. The summed E-state index contributed by atoms with van der Waals surface area (Å²) in [7, 11) is 1.06. The fourth-order valence-corrected chi connectivity index (χ4v) is 2.10. The predicted molar refractivity (Wildman–Crippen MR) is 69.6 cm³/mol. The molecule has 0 aromatic rings. The van der Waals surface area contributed by atoms with Crippen LogP contribution in [0.2, 0.25) is 0 Å². The van der Waals surface area contributed by atoms with Gasteiger partial charge in [0.05, 0.1) is 7.11 Å². The Labute approximate surface area is 131 Å². The molecule has 10 heteroatoms. The van der Waals surface area contributed by atoms with E-state index in [2.05, 4.69) is 4.74 Å². The Kier molecular flexibility index (Phi) is 6.46. The Morgan fingerprint density at radius 1 is 0.826 bits per heavy atom. The van der Waals surface area contributed by atoms with Crippen molar-refractivity contribution in [3.8, 4) is 0 Å². The Bertz CT molecular complexity index is 487. The van der Waals surface area contributed by atoms with Gasteiger partial charge in [-0.25, -0.2) is 4.79 Å². The lowest BCUT2D eigenvalue weighted by Gasteiger charge is -2.41. The number of rotatable bonds is 4. The molecule has 1 heterocycles. The first-order valence-corrected chi connectivity index (χ1v) is 6.60. The number of aliphatic hydroxyl groups excluding tert-OH is 1. The molecule has 23 heavy (non-hydrogen) atoms. The molecule has 0 aromatic carbocycles. The van der Waals surface area contributed by atoms with E-state index in [-0.39, 0.29) is 0 Å². The molecule has 0 aliphatic carbocycles. The predicted octanol–water partition coefficient (Wildman–Crippen LogP) is -1.33. The molecule has 1 fully saturated rings. The first-order chi connectivity index (χ1) is 10.7. The second-order valence-corrected chi connectivity index (χ2v) is 4.69. The zero-order valence-electron chi connectivity index (χ0n) is 13.0. The van der Waals surface area contributed by atoms with Crippen LogP contribution in [-0.2, 0) is 42.9 Å². The maximum absolute atomic E-state index is 11.8. The molecule has 1 N–H and O–H groups in total. The molecule has 0 aromatic heterocycles. The van der Waals surface area contributed by atoms with E-state index in [1.165, 1.54) is 0 Å². The summed E-state index contributed by atoms with van der Waals surface area (Å²) in [6.07, 6.45) is -7.75. The fourth-order valence-electron chi connectivity index (χ4n) is 2.10. The van der Waals surface area contributed by atoms with Crippen molar-refractivity contribution in [1.29, 1.82) is 0 Å². The average Bonchev–Trinajstić information content (AvgIpc) is 2.43. The van der Waals surface area contributed by atoms with Gasteiger partial charge in [-0.15, -0.1) is 0 Å². The Balaban J connectivity index is 3.21. The molecule has 0 spiro atoms. The van der Waals surface area contributed by atoms with Crippen molar-refractivity contribution in [3.05, 3.63) is 0 Å². The van der Waals surface area contributed by atoms with E-state index < -0.39 is 54.6 Å². The minimum atomic E-state index is -1.79. The molecule has 130 valence electrons. The highest BCUT2D eigenvalue weighted by Gasteiger charge is 2.54. The molecule has 0 amide bonds. The lowest BCUT2D eigenvalue weighted by molar-refractivity contribution is -0.289. The summed E-state index contributed by atoms with van der Waals surface area (Å²) >= 11 is 0. The van der Waals surface area contributed by atoms with E-state index in [9.17, 15) is 24.3 Å². The van der Waals surface area contributed by atoms with Crippen molar-refractivity contribution in [2.24, 2.45) is 0 Å². The molecule has 1 rings (SSSR count). The molecule has 1 saturated heterocycles. The number of aliphatic hydroxyl groups is 1. The molecule has 1 aliphatic heterocycles. The van der Waals surface area contributed by atoms with Crippen molar-refractivity contribution in [2.75, 3.05) is 7.11 Å². The van der Waals surface area contributed by atoms with Gasteiger partial charge in [-0.3, -0.25) is 14.4 Å². The van der Waals surface area contributed by atoms with Gasteiger partial charge in [-0.1, -0.05) is 0 Å². The molecule has 2 unspecified atom stereocenters. The minimum absolute atomic E-state index is 0.798. The Morgan fingerprint density at radius 3 is 1.70 bits per heavy atom. The van der Waals surface area contributed by atoms with Crippen LogP contribution in [0.5, 0.6) is 0 Å². The summed E-state index contributed by atoms with van der Waals surface area (Å²) in [5.41, 5.74) is 0. The topological polar surface area (TPSA) is 135 Å². The lowest BCUT2D eigenvalue weighted by Crippen LogP contribution is -2.63. The summed E-state index contributed by atoms with van der Waals surface area (Å²) in [6, 6.07) is 0. The van der Waals surface area contributed by atoms with Crippen LogP contribution in [0.4, 0.5) is 0 Å². The van der Waals surface area contributed by atoms with Crippen molar-refractivity contribution >= 4 is 23.9 Å². The number of esters is 4. The van der Waals surface area contributed by atoms with Crippen LogP contribution >= 0.6 is 0 Å². The zero-order chi connectivity index (χ0) is 17.7. The molecule has 0 saturated carbocycles. The highest BCUT2D eigenvalue weighted by Crippen LogP contribution is 2.28. The van der Waals surface area contributed by atoms with Crippen LogP contribution in [0.3, 0.4) is 0 Å². The van der Waals surface area contributed by atoms with Gasteiger partial charge in [-0.2, -0.15) is 0 Å². The van der Waals surface area contributed by atoms with Gasteiger partial charge < -0.3 is 28.8 Å². The summed E-state index contributed by atoms with van der Waals surface area (Å²) in [5, 5.41) is 9.93. The van der Waals surface area contributed by atoms with E-state index in [4.69, 9.17) is 18.9 Å². The van der Waals surface area contributed by atoms with E-state index in [1.807, 2.05) is 0 Å². The van der Waals surface area contributed by atoms with Crippen LogP contribution in [-0.4, -0.2) is 66.8 Å². The van der Waals surface area contributed by atoms with Crippen LogP contribution in [0.25, 0.3) is 0 Å². The van der Waals surface area contributed by atoms with Crippen LogP contribution in [0.15, 0.2) is 0 Å². The average molecular weight is 334 g/mol. The number of ether oxygens (including phenoxy) is 5. The van der Waals surface area contributed by atoms with Gasteiger partial charge in [0.2, 0.25) is 0 Å². The van der Waals surface area contributed by atoms with Crippen molar-refractivity contribution in [1.82, 2.24) is 0 Å². The number of carbonyl (C=O) groups is 4.